The van der Waals surface area contributed by atoms with Crippen molar-refractivity contribution < 1.29 is 26.4 Å². The second-order valence-electron chi connectivity index (χ2n) is 4.31. The minimum absolute atomic E-state index is 0.00590. The van der Waals surface area contributed by atoms with E-state index in [1.807, 2.05) is 0 Å². The average Bonchev–Trinajstić information content (AvgIpc) is 2.19. The van der Waals surface area contributed by atoms with Crippen molar-refractivity contribution in [2.24, 2.45) is 0 Å². The third kappa shape index (κ3) is 4.41. The van der Waals surface area contributed by atoms with Gasteiger partial charge in [-0.3, -0.25) is 9.52 Å². The summed E-state index contributed by atoms with van der Waals surface area (Å²) < 4.78 is 61.0. The Labute approximate surface area is 114 Å². The van der Waals surface area contributed by atoms with Crippen molar-refractivity contribution in [2.75, 3.05) is 16.3 Å². The molecule has 5 nitrogen and oxygen atoms in total. The van der Waals surface area contributed by atoms with E-state index in [9.17, 15) is 26.4 Å². The Balaban J connectivity index is 3.10. The predicted octanol–water partition coefficient (Wildman–Crippen LogP) is 2.18. The maximum Gasteiger partial charge on any atom is 0.471 e. The zero-order valence-corrected chi connectivity index (χ0v) is 11.7. The van der Waals surface area contributed by atoms with Gasteiger partial charge in [0, 0.05) is 11.4 Å². The molecule has 0 heterocycles. The van der Waals surface area contributed by atoms with E-state index in [0.717, 1.165) is 6.26 Å². The van der Waals surface area contributed by atoms with Crippen molar-refractivity contribution in [3.63, 3.8) is 0 Å². The maximum atomic E-state index is 12.2. The molecule has 1 aromatic rings. The lowest BCUT2D eigenvalue weighted by atomic mass is 10.1. The Morgan fingerprint density at radius 3 is 1.95 bits per heavy atom. The van der Waals surface area contributed by atoms with Gasteiger partial charge >= 0.3 is 12.1 Å². The summed E-state index contributed by atoms with van der Waals surface area (Å²) in [6.07, 6.45) is -4.03. The number of nitrogens with one attached hydrogen (secondary N) is 2. The lowest BCUT2D eigenvalue weighted by Gasteiger charge is -2.15. The molecule has 0 saturated heterocycles. The first-order valence-electron chi connectivity index (χ1n) is 5.37. The molecule has 112 valence electrons. The maximum absolute atomic E-state index is 12.2. The lowest BCUT2D eigenvalue weighted by Crippen LogP contribution is -2.30. The van der Waals surface area contributed by atoms with Crippen molar-refractivity contribution >= 4 is 27.3 Å². The number of hydrogen-bond donors (Lipinski definition) is 2. The zero-order valence-electron chi connectivity index (χ0n) is 10.9. The number of benzene rings is 1. The van der Waals surface area contributed by atoms with Crippen molar-refractivity contribution in [3.05, 3.63) is 23.3 Å². The molecule has 0 aliphatic carbocycles. The van der Waals surface area contributed by atoms with Crippen LogP contribution in [-0.4, -0.2) is 26.8 Å². The summed E-state index contributed by atoms with van der Waals surface area (Å²) >= 11 is 0. The van der Waals surface area contributed by atoms with Crippen LogP contribution in [0.1, 0.15) is 11.1 Å². The average molecular weight is 310 g/mol. The molecule has 0 atom stereocenters. The van der Waals surface area contributed by atoms with Gasteiger partial charge in [0.05, 0.1) is 6.26 Å². The lowest BCUT2D eigenvalue weighted by molar-refractivity contribution is -0.167. The molecule has 1 aromatic carbocycles. The number of carbonyl (C=O) groups excluding carboxylic acids is 1. The van der Waals surface area contributed by atoms with Gasteiger partial charge in [-0.1, -0.05) is 0 Å². The van der Waals surface area contributed by atoms with Crippen LogP contribution in [-0.2, 0) is 14.8 Å². The summed E-state index contributed by atoms with van der Waals surface area (Å²) in [6, 6.07) is 2.67. The highest BCUT2D eigenvalue weighted by molar-refractivity contribution is 7.92. The molecule has 0 aliphatic rings. The number of sulfonamides is 1. The third-order valence-electron chi connectivity index (χ3n) is 2.33. The molecule has 0 aromatic heterocycles. The topological polar surface area (TPSA) is 75.3 Å². The van der Waals surface area contributed by atoms with Gasteiger partial charge < -0.3 is 5.32 Å². The van der Waals surface area contributed by atoms with Crippen LogP contribution < -0.4 is 10.0 Å². The van der Waals surface area contributed by atoms with E-state index in [4.69, 9.17) is 0 Å². The van der Waals surface area contributed by atoms with Gasteiger partial charge in [0.15, 0.2) is 0 Å². The highest BCUT2D eigenvalue weighted by Crippen LogP contribution is 2.27. The van der Waals surface area contributed by atoms with Crippen LogP contribution in [0, 0.1) is 13.8 Å². The fourth-order valence-corrected chi connectivity index (χ4v) is 2.16. The molecule has 0 unspecified atom stereocenters. The van der Waals surface area contributed by atoms with E-state index >= 15 is 0 Å². The number of aryl methyl sites for hydroxylation is 2. The van der Waals surface area contributed by atoms with Crippen molar-refractivity contribution in [3.8, 4) is 0 Å². The largest absolute Gasteiger partial charge is 0.471 e. The monoisotopic (exact) mass is 310 g/mol. The molecule has 1 amide bonds. The van der Waals surface area contributed by atoms with Gasteiger partial charge in [-0.25, -0.2) is 8.42 Å². The minimum atomic E-state index is -4.98. The fourth-order valence-electron chi connectivity index (χ4n) is 1.62. The second kappa shape index (κ2) is 5.31. The first-order valence-corrected chi connectivity index (χ1v) is 7.26. The van der Waals surface area contributed by atoms with Gasteiger partial charge in [-0.2, -0.15) is 13.2 Å². The molecular weight excluding hydrogens is 297 g/mol. The number of alkyl halides is 3. The van der Waals surface area contributed by atoms with Crippen molar-refractivity contribution in [2.45, 2.75) is 20.0 Å². The van der Waals surface area contributed by atoms with Gasteiger partial charge in [0.1, 0.15) is 0 Å². The minimum Gasteiger partial charge on any atom is -0.318 e. The van der Waals surface area contributed by atoms with E-state index in [-0.39, 0.29) is 11.4 Å². The van der Waals surface area contributed by atoms with Crippen LogP contribution in [0.2, 0.25) is 0 Å². The highest BCUT2D eigenvalue weighted by atomic mass is 32.2. The molecular formula is C11H13F3N2O3S. The van der Waals surface area contributed by atoms with Gasteiger partial charge in [-0.15, -0.1) is 0 Å². The molecule has 2 N–H and O–H groups in total. The number of anilines is 2. The smallest absolute Gasteiger partial charge is 0.318 e. The number of hydrogen-bond acceptors (Lipinski definition) is 3. The van der Waals surface area contributed by atoms with Crippen LogP contribution in [0.4, 0.5) is 24.5 Å². The summed E-state index contributed by atoms with van der Waals surface area (Å²) in [7, 11) is -3.49. The van der Waals surface area contributed by atoms with Gasteiger partial charge in [-0.05, 0) is 37.1 Å². The van der Waals surface area contributed by atoms with Crippen LogP contribution in [0.3, 0.4) is 0 Å². The highest BCUT2D eigenvalue weighted by Gasteiger charge is 2.39. The molecule has 0 aliphatic heterocycles. The van der Waals surface area contributed by atoms with Crippen molar-refractivity contribution in [1.29, 1.82) is 0 Å². The molecule has 0 saturated carbocycles. The summed E-state index contributed by atoms with van der Waals surface area (Å²) in [5.41, 5.74) is 0.849. The van der Waals surface area contributed by atoms with Crippen LogP contribution in [0.5, 0.6) is 0 Å². The van der Waals surface area contributed by atoms with Crippen molar-refractivity contribution in [1.82, 2.24) is 0 Å². The second-order valence-corrected chi connectivity index (χ2v) is 6.06. The molecule has 0 spiro atoms. The summed E-state index contributed by atoms with van der Waals surface area (Å²) in [5, 5.41) is 1.77. The van der Waals surface area contributed by atoms with Crippen LogP contribution >= 0.6 is 0 Å². The third-order valence-corrected chi connectivity index (χ3v) is 2.94. The SMILES string of the molecule is Cc1cc(NS(C)(=O)=O)cc(C)c1NC(=O)C(F)(F)F. The Morgan fingerprint density at radius 2 is 1.60 bits per heavy atom. The first kappa shape index (κ1) is 16.3. The number of halogens is 3. The molecule has 0 radical (unpaired) electrons. The first-order chi connectivity index (χ1) is 8.90. The van der Waals surface area contributed by atoms with E-state index in [2.05, 4.69) is 4.72 Å². The Hall–Kier alpha value is -1.77. The Kier molecular flexibility index (Phi) is 4.33. The summed E-state index contributed by atoms with van der Waals surface area (Å²) in [6.45, 7) is 2.93. The number of rotatable bonds is 3. The van der Waals surface area contributed by atoms with Crippen LogP contribution in [0.15, 0.2) is 12.1 Å². The molecule has 20 heavy (non-hydrogen) atoms. The van der Waals surface area contributed by atoms with E-state index in [1.54, 1.807) is 5.32 Å². The van der Waals surface area contributed by atoms with E-state index < -0.39 is 22.1 Å². The molecule has 9 heteroatoms. The van der Waals surface area contributed by atoms with Gasteiger partial charge in [0.2, 0.25) is 10.0 Å². The Bertz CT molecular complexity index is 616. The molecule has 1 rings (SSSR count). The Morgan fingerprint density at radius 1 is 1.15 bits per heavy atom. The normalized spacial score (nSPS) is 12.1. The standard InChI is InChI=1S/C11H13F3N2O3S/c1-6-4-8(16-20(3,18)19)5-7(2)9(6)15-10(17)11(12,13)14/h4-5,16H,1-3H3,(H,15,17). The quantitative estimate of drug-likeness (QED) is 0.898. The number of amides is 1. The van der Waals surface area contributed by atoms with Gasteiger partial charge in [0.25, 0.3) is 0 Å². The summed E-state index contributed by atoms with van der Waals surface area (Å²) in [5.74, 6) is -2.08. The van der Waals surface area contributed by atoms with E-state index in [1.165, 1.54) is 26.0 Å². The van der Waals surface area contributed by atoms with Crippen LogP contribution in [0.25, 0.3) is 0 Å². The number of carbonyl (C=O) groups is 1. The predicted molar refractivity (Wildman–Crippen MR) is 69.1 cm³/mol. The molecule has 0 fully saturated rings. The zero-order chi connectivity index (χ0) is 15.7. The summed E-state index contributed by atoms with van der Waals surface area (Å²) in [4.78, 5) is 10.9. The van der Waals surface area contributed by atoms with E-state index in [0.29, 0.717) is 11.1 Å². The fraction of sp³-hybridized carbons (Fsp3) is 0.364. The molecule has 0 bridgehead atoms.